The molecule has 1 aromatic rings. The highest BCUT2D eigenvalue weighted by atomic mass is 16.5. The van der Waals surface area contributed by atoms with Crippen LogP contribution in [-0.2, 0) is 21.5 Å². The van der Waals surface area contributed by atoms with Crippen molar-refractivity contribution in [2.24, 2.45) is 0 Å². The highest BCUT2D eigenvalue weighted by Gasteiger charge is 2.35. The largest absolute Gasteiger partial charge is 0.496 e. The molecule has 0 aromatic heterocycles. The number of nitriles is 1. The van der Waals surface area contributed by atoms with Crippen molar-refractivity contribution in [3.63, 3.8) is 0 Å². The first-order chi connectivity index (χ1) is 9.05. The quantitative estimate of drug-likeness (QED) is 0.759. The Bertz CT molecular complexity index is 561. The van der Waals surface area contributed by atoms with Gasteiger partial charge in [0.05, 0.1) is 39.1 Å². The van der Waals surface area contributed by atoms with Crippen molar-refractivity contribution in [3.8, 4) is 11.8 Å². The minimum absolute atomic E-state index is 0.296. The van der Waals surface area contributed by atoms with E-state index in [1.54, 1.807) is 19.1 Å². The number of rotatable bonds is 2. The average molecular weight is 261 g/mol. The van der Waals surface area contributed by atoms with Gasteiger partial charge in [0, 0.05) is 5.56 Å². The zero-order chi connectivity index (χ0) is 14.0. The van der Waals surface area contributed by atoms with E-state index in [0.29, 0.717) is 24.5 Å². The van der Waals surface area contributed by atoms with E-state index in [0.717, 1.165) is 11.1 Å². The number of nitrogens with zero attached hydrogens (tertiary/aromatic N) is 1. The molecule has 100 valence electrons. The van der Waals surface area contributed by atoms with Gasteiger partial charge in [0.2, 0.25) is 0 Å². The second-order valence-corrected chi connectivity index (χ2v) is 4.63. The summed E-state index contributed by atoms with van der Waals surface area (Å²) in [6, 6.07) is 5.54. The van der Waals surface area contributed by atoms with Crippen molar-refractivity contribution >= 4 is 5.97 Å². The Morgan fingerprint density at radius 2 is 2.21 bits per heavy atom. The van der Waals surface area contributed by atoms with E-state index in [1.165, 1.54) is 14.2 Å². The molecule has 0 saturated heterocycles. The Kier molecular flexibility index (Phi) is 3.45. The number of hydrogen-bond acceptors (Lipinski definition) is 5. The minimum atomic E-state index is -0.787. The Labute approximate surface area is 111 Å². The number of hydrogen-bond donors (Lipinski definition) is 0. The van der Waals surface area contributed by atoms with Crippen LogP contribution in [-0.4, -0.2) is 26.8 Å². The monoisotopic (exact) mass is 261 g/mol. The van der Waals surface area contributed by atoms with Crippen LogP contribution in [0.1, 0.15) is 28.4 Å². The molecule has 1 atom stereocenters. The highest BCUT2D eigenvalue weighted by molar-refractivity contribution is 5.90. The van der Waals surface area contributed by atoms with E-state index in [9.17, 15) is 10.1 Å². The summed E-state index contributed by atoms with van der Waals surface area (Å²) in [6.07, 6.45) is 0. The Morgan fingerprint density at radius 1 is 1.47 bits per heavy atom. The Balaban J connectivity index is 2.66. The summed E-state index contributed by atoms with van der Waals surface area (Å²) >= 11 is 0. The van der Waals surface area contributed by atoms with Crippen LogP contribution in [0.4, 0.5) is 0 Å². The van der Waals surface area contributed by atoms with E-state index in [-0.39, 0.29) is 0 Å². The molecule has 0 aliphatic carbocycles. The van der Waals surface area contributed by atoms with E-state index < -0.39 is 11.4 Å². The minimum Gasteiger partial charge on any atom is -0.496 e. The smallest absolute Gasteiger partial charge is 0.337 e. The molecule has 5 heteroatoms. The predicted octanol–water partition coefficient (Wildman–Crippen LogP) is 1.79. The molecule has 19 heavy (non-hydrogen) atoms. The van der Waals surface area contributed by atoms with Gasteiger partial charge in [-0.05, 0) is 24.6 Å². The molecule has 1 aliphatic rings. The first-order valence-corrected chi connectivity index (χ1v) is 5.84. The van der Waals surface area contributed by atoms with Crippen LogP contribution in [0.15, 0.2) is 12.1 Å². The number of ether oxygens (including phenoxy) is 3. The van der Waals surface area contributed by atoms with E-state index in [2.05, 4.69) is 6.07 Å². The molecule has 0 radical (unpaired) electrons. The third kappa shape index (κ3) is 2.15. The molecule has 1 aliphatic heterocycles. The maximum Gasteiger partial charge on any atom is 0.337 e. The van der Waals surface area contributed by atoms with Crippen LogP contribution in [0.3, 0.4) is 0 Å². The molecule has 1 heterocycles. The molecular weight excluding hydrogens is 246 g/mol. The number of esters is 1. The molecular formula is C14H15NO4. The number of carbonyl (C=O) groups excluding carboxylic acids is 1. The normalized spacial score (nSPS) is 21.2. The number of fused-ring (bicyclic) bond motifs is 1. The summed E-state index contributed by atoms with van der Waals surface area (Å²) in [5.74, 6) is 0.0898. The fourth-order valence-corrected chi connectivity index (χ4v) is 2.23. The Morgan fingerprint density at radius 3 is 2.79 bits per heavy atom. The SMILES string of the molecule is COC(=O)c1cc(OC)c2c(c1)C(C)(C#N)COC2. The van der Waals surface area contributed by atoms with Gasteiger partial charge in [0.15, 0.2) is 0 Å². The van der Waals surface area contributed by atoms with Gasteiger partial charge in [-0.3, -0.25) is 0 Å². The summed E-state index contributed by atoms with van der Waals surface area (Å²) in [6.45, 7) is 2.45. The first-order valence-electron chi connectivity index (χ1n) is 5.84. The lowest BCUT2D eigenvalue weighted by Crippen LogP contribution is -2.32. The lowest BCUT2D eigenvalue weighted by atomic mass is 9.79. The van der Waals surface area contributed by atoms with E-state index in [4.69, 9.17) is 14.2 Å². The third-order valence-corrected chi connectivity index (χ3v) is 3.33. The van der Waals surface area contributed by atoms with Gasteiger partial charge >= 0.3 is 5.97 Å². The lowest BCUT2D eigenvalue weighted by Gasteiger charge is -2.31. The van der Waals surface area contributed by atoms with Crippen LogP contribution in [0, 0.1) is 11.3 Å². The van der Waals surface area contributed by atoms with Crippen LogP contribution in [0.5, 0.6) is 5.75 Å². The number of benzene rings is 1. The summed E-state index contributed by atoms with van der Waals surface area (Å²) in [7, 11) is 2.84. The topological polar surface area (TPSA) is 68.5 Å². The summed E-state index contributed by atoms with van der Waals surface area (Å²) < 4.78 is 15.5. The third-order valence-electron chi connectivity index (χ3n) is 3.33. The van der Waals surface area contributed by atoms with Crippen LogP contribution in [0.25, 0.3) is 0 Å². The van der Waals surface area contributed by atoms with E-state index in [1.807, 2.05) is 0 Å². The molecule has 5 nitrogen and oxygen atoms in total. The molecule has 0 N–H and O–H groups in total. The van der Waals surface area contributed by atoms with Gasteiger partial charge < -0.3 is 14.2 Å². The van der Waals surface area contributed by atoms with Gasteiger partial charge in [0.1, 0.15) is 11.2 Å². The molecule has 0 spiro atoms. The fraction of sp³-hybridized carbons (Fsp3) is 0.429. The molecule has 0 fully saturated rings. The lowest BCUT2D eigenvalue weighted by molar-refractivity contribution is 0.0595. The first kappa shape index (κ1) is 13.4. The van der Waals surface area contributed by atoms with Crippen molar-refractivity contribution in [2.45, 2.75) is 18.9 Å². The van der Waals surface area contributed by atoms with Crippen LogP contribution >= 0.6 is 0 Å². The molecule has 0 bridgehead atoms. The average Bonchev–Trinajstić information content (AvgIpc) is 2.45. The molecule has 2 rings (SSSR count). The number of methoxy groups -OCH3 is 2. The second kappa shape index (κ2) is 4.90. The molecule has 0 amide bonds. The second-order valence-electron chi connectivity index (χ2n) is 4.63. The summed E-state index contributed by atoms with van der Waals surface area (Å²) in [4.78, 5) is 11.7. The van der Waals surface area contributed by atoms with Gasteiger partial charge in [-0.1, -0.05) is 0 Å². The van der Waals surface area contributed by atoms with Gasteiger partial charge in [0.25, 0.3) is 0 Å². The van der Waals surface area contributed by atoms with Crippen molar-refractivity contribution in [1.29, 1.82) is 5.26 Å². The van der Waals surface area contributed by atoms with Crippen molar-refractivity contribution < 1.29 is 19.0 Å². The Hall–Kier alpha value is -2.06. The van der Waals surface area contributed by atoms with Crippen molar-refractivity contribution in [2.75, 3.05) is 20.8 Å². The predicted molar refractivity (Wildman–Crippen MR) is 67.0 cm³/mol. The zero-order valence-corrected chi connectivity index (χ0v) is 11.1. The number of carbonyl (C=O) groups is 1. The fourth-order valence-electron chi connectivity index (χ4n) is 2.23. The molecule has 0 saturated carbocycles. The summed E-state index contributed by atoms with van der Waals surface area (Å²) in [5, 5.41) is 9.36. The zero-order valence-electron chi connectivity index (χ0n) is 11.1. The van der Waals surface area contributed by atoms with Crippen LogP contribution in [0.2, 0.25) is 0 Å². The van der Waals surface area contributed by atoms with E-state index >= 15 is 0 Å². The summed E-state index contributed by atoms with van der Waals surface area (Å²) in [5.41, 5.74) is 1.16. The van der Waals surface area contributed by atoms with Gasteiger partial charge in [-0.15, -0.1) is 0 Å². The van der Waals surface area contributed by atoms with Crippen LogP contribution < -0.4 is 4.74 Å². The van der Waals surface area contributed by atoms with Crippen molar-refractivity contribution in [3.05, 3.63) is 28.8 Å². The van der Waals surface area contributed by atoms with Gasteiger partial charge in [-0.25, -0.2) is 4.79 Å². The maximum absolute atomic E-state index is 11.7. The van der Waals surface area contributed by atoms with Crippen molar-refractivity contribution in [1.82, 2.24) is 0 Å². The van der Waals surface area contributed by atoms with Gasteiger partial charge in [-0.2, -0.15) is 5.26 Å². The maximum atomic E-state index is 11.7. The standard InChI is InChI=1S/C14H15NO4/c1-14(7-15)8-19-6-10-11(14)4-9(13(16)18-3)5-12(10)17-2/h4-5H,6,8H2,1-3H3. The molecule has 1 unspecified atom stereocenters. The highest BCUT2D eigenvalue weighted by Crippen LogP contribution is 2.37. The molecule has 1 aromatic carbocycles.